The molecule has 4 rings (SSSR count). The zero-order chi connectivity index (χ0) is 20.2. The summed E-state index contributed by atoms with van der Waals surface area (Å²) in [5, 5.41) is 19.9. The molecule has 4 aromatic rings. The van der Waals surface area contributed by atoms with Gasteiger partial charge in [0.2, 0.25) is 23.6 Å². The summed E-state index contributed by atoms with van der Waals surface area (Å²) in [6.45, 7) is 1.45. The van der Waals surface area contributed by atoms with Gasteiger partial charge in [-0.2, -0.15) is 0 Å². The molecular weight excluding hydrogens is 414 g/mol. The van der Waals surface area contributed by atoms with Gasteiger partial charge in [-0.05, 0) is 42.5 Å². The van der Waals surface area contributed by atoms with Gasteiger partial charge in [0.15, 0.2) is 0 Å². The van der Waals surface area contributed by atoms with E-state index in [1.165, 1.54) is 18.7 Å². The van der Waals surface area contributed by atoms with E-state index in [0.29, 0.717) is 44.9 Å². The van der Waals surface area contributed by atoms with Crippen molar-refractivity contribution in [3.8, 4) is 22.9 Å². The number of nitrogens with zero attached hydrogens (tertiary/aromatic N) is 4. The van der Waals surface area contributed by atoms with Crippen LogP contribution in [0.4, 0.5) is 5.69 Å². The van der Waals surface area contributed by atoms with Crippen LogP contribution in [-0.2, 0) is 10.5 Å². The van der Waals surface area contributed by atoms with E-state index in [9.17, 15) is 4.79 Å². The van der Waals surface area contributed by atoms with Gasteiger partial charge in [0.1, 0.15) is 0 Å². The van der Waals surface area contributed by atoms with Crippen LogP contribution in [0, 0.1) is 0 Å². The van der Waals surface area contributed by atoms with Crippen molar-refractivity contribution in [2.45, 2.75) is 17.9 Å². The molecule has 1 N–H and O–H groups in total. The van der Waals surface area contributed by atoms with Crippen LogP contribution in [-0.4, -0.2) is 26.3 Å². The minimum absolute atomic E-state index is 0.151. The number of hydrogen-bond acceptors (Lipinski definition) is 8. The summed E-state index contributed by atoms with van der Waals surface area (Å²) in [5.74, 6) is 1.44. The summed E-state index contributed by atoms with van der Waals surface area (Å²) in [5.41, 5.74) is 2.15. The highest BCUT2D eigenvalue weighted by Crippen LogP contribution is 2.28. The third kappa shape index (κ3) is 4.82. The Hall–Kier alpha value is -3.17. The molecule has 0 saturated heterocycles. The lowest BCUT2D eigenvalue weighted by Crippen LogP contribution is -2.05. The number of nitrogens with one attached hydrogen (secondary N) is 1. The van der Waals surface area contributed by atoms with Gasteiger partial charge in [-0.1, -0.05) is 29.4 Å². The summed E-state index contributed by atoms with van der Waals surface area (Å²) in [6.07, 6.45) is 0. The molecule has 0 unspecified atom stereocenters. The van der Waals surface area contributed by atoms with Gasteiger partial charge in [-0.25, -0.2) is 0 Å². The Bertz CT molecular complexity index is 1140. The molecule has 0 aliphatic carbocycles. The lowest BCUT2D eigenvalue weighted by atomic mass is 10.2. The van der Waals surface area contributed by atoms with E-state index in [1.807, 2.05) is 18.2 Å². The van der Waals surface area contributed by atoms with Crippen molar-refractivity contribution in [1.82, 2.24) is 20.4 Å². The van der Waals surface area contributed by atoms with Crippen LogP contribution >= 0.6 is 23.4 Å². The lowest BCUT2D eigenvalue weighted by molar-refractivity contribution is -0.114. The van der Waals surface area contributed by atoms with Crippen molar-refractivity contribution < 1.29 is 13.6 Å². The predicted molar refractivity (Wildman–Crippen MR) is 108 cm³/mol. The molecule has 2 aromatic carbocycles. The minimum Gasteiger partial charge on any atom is -0.420 e. The fraction of sp³-hybridized carbons (Fsp3) is 0.105. The van der Waals surface area contributed by atoms with E-state index in [0.717, 1.165) is 5.56 Å². The van der Waals surface area contributed by atoms with Crippen molar-refractivity contribution >= 4 is 35.0 Å². The first-order chi connectivity index (χ1) is 14.1. The second kappa shape index (κ2) is 8.46. The summed E-state index contributed by atoms with van der Waals surface area (Å²) in [4.78, 5) is 11.2. The molecule has 0 aliphatic heterocycles. The summed E-state index contributed by atoms with van der Waals surface area (Å²) >= 11 is 7.17. The largest absolute Gasteiger partial charge is 0.420 e. The number of aromatic nitrogens is 4. The topological polar surface area (TPSA) is 107 Å². The van der Waals surface area contributed by atoms with Gasteiger partial charge < -0.3 is 14.2 Å². The van der Waals surface area contributed by atoms with E-state index in [1.54, 1.807) is 30.3 Å². The molecule has 1 amide bonds. The van der Waals surface area contributed by atoms with E-state index >= 15 is 0 Å². The number of amides is 1. The first-order valence-electron chi connectivity index (χ1n) is 8.49. The minimum atomic E-state index is -0.151. The maximum absolute atomic E-state index is 11.2. The normalized spacial score (nSPS) is 10.8. The highest BCUT2D eigenvalue weighted by molar-refractivity contribution is 7.98. The van der Waals surface area contributed by atoms with Crippen molar-refractivity contribution in [1.29, 1.82) is 0 Å². The van der Waals surface area contributed by atoms with Gasteiger partial charge in [-0.15, -0.1) is 20.4 Å². The molecule has 29 heavy (non-hydrogen) atoms. The van der Waals surface area contributed by atoms with Crippen LogP contribution < -0.4 is 5.32 Å². The second-order valence-electron chi connectivity index (χ2n) is 5.93. The Labute approximate surface area is 174 Å². The predicted octanol–water partition coefficient (Wildman–Crippen LogP) is 4.69. The molecular formula is C19H14ClN5O3S. The molecule has 0 radical (unpaired) electrons. The van der Waals surface area contributed by atoms with Crippen molar-refractivity contribution in [2.75, 3.05) is 5.32 Å². The Balaban J connectivity index is 1.41. The van der Waals surface area contributed by atoms with E-state index in [4.69, 9.17) is 20.4 Å². The molecule has 0 spiro atoms. The zero-order valence-corrected chi connectivity index (χ0v) is 16.7. The molecule has 146 valence electrons. The maximum Gasteiger partial charge on any atom is 0.277 e. The molecule has 2 heterocycles. The lowest BCUT2D eigenvalue weighted by Gasteiger charge is -2.02. The van der Waals surface area contributed by atoms with Crippen LogP contribution in [0.5, 0.6) is 0 Å². The summed E-state index contributed by atoms with van der Waals surface area (Å²) < 4.78 is 11.3. The van der Waals surface area contributed by atoms with Gasteiger partial charge in [0.25, 0.3) is 5.22 Å². The first-order valence-corrected chi connectivity index (χ1v) is 9.86. The van der Waals surface area contributed by atoms with E-state index in [-0.39, 0.29) is 5.91 Å². The molecule has 8 nitrogen and oxygen atoms in total. The molecule has 0 saturated carbocycles. The number of benzene rings is 2. The third-order valence-corrected chi connectivity index (χ3v) is 4.77. The van der Waals surface area contributed by atoms with Crippen molar-refractivity contribution in [3.63, 3.8) is 0 Å². The monoisotopic (exact) mass is 427 g/mol. The maximum atomic E-state index is 11.2. The SMILES string of the molecule is CC(=O)Nc1cccc(-c2nnc(SCc3nnc(-c4ccc(Cl)cc4)o3)o2)c1. The smallest absolute Gasteiger partial charge is 0.277 e. The highest BCUT2D eigenvalue weighted by Gasteiger charge is 2.13. The Morgan fingerprint density at radius 3 is 2.55 bits per heavy atom. The number of rotatable bonds is 6. The Kier molecular flexibility index (Phi) is 5.59. The average Bonchev–Trinajstić information content (AvgIpc) is 3.36. The molecule has 10 heteroatoms. The fourth-order valence-corrected chi connectivity index (χ4v) is 3.19. The van der Waals surface area contributed by atoms with Crippen LogP contribution in [0.3, 0.4) is 0 Å². The average molecular weight is 428 g/mol. The Morgan fingerprint density at radius 1 is 1.00 bits per heavy atom. The van der Waals surface area contributed by atoms with Crippen molar-refractivity contribution in [2.24, 2.45) is 0 Å². The molecule has 0 fully saturated rings. The fourth-order valence-electron chi connectivity index (χ4n) is 2.46. The molecule has 0 aliphatic rings. The number of hydrogen-bond donors (Lipinski definition) is 1. The van der Waals surface area contributed by atoms with Crippen LogP contribution in [0.1, 0.15) is 12.8 Å². The second-order valence-corrected chi connectivity index (χ2v) is 7.29. The van der Waals surface area contributed by atoms with E-state index in [2.05, 4.69) is 25.7 Å². The zero-order valence-electron chi connectivity index (χ0n) is 15.1. The van der Waals surface area contributed by atoms with Crippen LogP contribution in [0.2, 0.25) is 5.02 Å². The van der Waals surface area contributed by atoms with Crippen LogP contribution in [0.25, 0.3) is 22.9 Å². The van der Waals surface area contributed by atoms with Gasteiger partial charge >= 0.3 is 0 Å². The molecule has 0 bridgehead atoms. The van der Waals surface area contributed by atoms with E-state index < -0.39 is 0 Å². The quantitative estimate of drug-likeness (QED) is 0.441. The van der Waals surface area contributed by atoms with Crippen LogP contribution in [0.15, 0.2) is 62.6 Å². The highest BCUT2D eigenvalue weighted by atomic mass is 35.5. The van der Waals surface area contributed by atoms with Gasteiger partial charge in [0, 0.05) is 28.8 Å². The first kappa shape index (κ1) is 19.2. The number of carbonyl (C=O) groups excluding carboxylic acids is 1. The van der Waals surface area contributed by atoms with Gasteiger partial charge in [0.05, 0.1) is 5.75 Å². The van der Waals surface area contributed by atoms with Crippen molar-refractivity contribution in [3.05, 3.63) is 59.4 Å². The number of anilines is 1. The van der Waals surface area contributed by atoms with Gasteiger partial charge in [-0.3, -0.25) is 4.79 Å². The Morgan fingerprint density at radius 2 is 1.76 bits per heavy atom. The standard InChI is InChI=1S/C19H14ClN5O3S/c1-11(26)21-15-4-2-3-13(9-15)18-24-25-19(28-18)29-10-16-22-23-17(27-16)12-5-7-14(20)8-6-12/h2-9H,10H2,1H3,(H,21,26). The number of halogens is 1. The summed E-state index contributed by atoms with van der Waals surface area (Å²) in [6, 6.07) is 14.3. The molecule has 2 aromatic heterocycles. The number of carbonyl (C=O) groups is 1. The summed E-state index contributed by atoms with van der Waals surface area (Å²) in [7, 11) is 0. The number of thioether (sulfide) groups is 1. The molecule has 0 atom stereocenters. The third-order valence-electron chi connectivity index (χ3n) is 3.71.